The van der Waals surface area contributed by atoms with E-state index in [9.17, 15) is 18.5 Å². The summed E-state index contributed by atoms with van der Waals surface area (Å²) in [4.78, 5) is 10.4. The van der Waals surface area contributed by atoms with E-state index in [0.717, 1.165) is 6.07 Å². The highest BCUT2D eigenvalue weighted by Crippen LogP contribution is 2.29. The van der Waals surface area contributed by atoms with Crippen molar-refractivity contribution in [2.45, 2.75) is 44.8 Å². The van der Waals surface area contributed by atoms with Crippen LogP contribution in [0.25, 0.3) is 0 Å². The minimum atomic E-state index is -3.79. The lowest BCUT2D eigenvalue weighted by molar-refractivity contribution is -0.385. The van der Waals surface area contributed by atoms with E-state index < -0.39 is 14.9 Å². The average Bonchev–Trinajstić information content (AvgIpc) is 2.40. The molecule has 1 aliphatic rings. The molecule has 1 saturated heterocycles. The molecule has 0 amide bonds. The van der Waals surface area contributed by atoms with Crippen molar-refractivity contribution in [3.63, 3.8) is 0 Å². The van der Waals surface area contributed by atoms with E-state index >= 15 is 0 Å². The molecule has 2 unspecified atom stereocenters. The predicted octanol–water partition coefficient (Wildman–Crippen LogP) is 2.01. The van der Waals surface area contributed by atoms with Gasteiger partial charge in [0.05, 0.1) is 22.0 Å². The summed E-state index contributed by atoms with van der Waals surface area (Å²) in [5.41, 5.74) is 0.913. The molecule has 1 heterocycles. The Hall–Kier alpha value is -1.51. The summed E-state index contributed by atoms with van der Waals surface area (Å²) in [5.74, 6) is 0. The summed E-state index contributed by atoms with van der Waals surface area (Å²) >= 11 is 0. The Balaban J connectivity index is 2.51. The molecule has 122 valence electrons. The Kier molecular flexibility index (Phi) is 4.55. The molecular weight excluding hydrogens is 308 g/mol. The van der Waals surface area contributed by atoms with Crippen molar-refractivity contribution in [3.05, 3.63) is 33.4 Å². The number of hydrogen-bond donors (Lipinski definition) is 0. The fraction of sp³-hybridized carbons (Fsp3) is 0.571. The average molecular weight is 328 g/mol. The van der Waals surface area contributed by atoms with Gasteiger partial charge in [0.25, 0.3) is 5.69 Å². The molecule has 0 saturated carbocycles. The Morgan fingerprint density at radius 2 is 1.77 bits per heavy atom. The first-order valence-electron chi connectivity index (χ1n) is 7.04. The summed E-state index contributed by atoms with van der Waals surface area (Å²) in [6.45, 7) is 7.44. The number of nitrogens with zero attached hydrogens (tertiary/aromatic N) is 2. The summed E-state index contributed by atoms with van der Waals surface area (Å²) in [6, 6.07) is 2.53. The second-order valence-corrected chi connectivity index (χ2v) is 7.63. The number of ether oxygens (including phenoxy) is 1. The van der Waals surface area contributed by atoms with Gasteiger partial charge in [0.15, 0.2) is 0 Å². The number of nitro benzene ring substituents is 1. The standard InChI is InChI=1S/C14H20N2O5S/c1-9-5-13(16(17)18)6-14(12(9)4)22(19,20)15-7-10(2)21-11(3)8-15/h5-6,10-11H,7-8H2,1-4H3. The van der Waals surface area contributed by atoms with E-state index in [2.05, 4.69) is 0 Å². The zero-order valence-electron chi connectivity index (χ0n) is 13.1. The van der Waals surface area contributed by atoms with Crippen molar-refractivity contribution < 1.29 is 18.1 Å². The minimum Gasteiger partial charge on any atom is -0.373 e. The number of nitro groups is 1. The number of morpholine rings is 1. The van der Waals surface area contributed by atoms with Crippen molar-refractivity contribution in [3.8, 4) is 0 Å². The van der Waals surface area contributed by atoms with Gasteiger partial charge in [-0.15, -0.1) is 0 Å². The summed E-state index contributed by atoms with van der Waals surface area (Å²) in [6.07, 6.45) is -0.419. The second kappa shape index (κ2) is 5.94. The minimum absolute atomic E-state index is 0.000463. The molecule has 0 aromatic heterocycles. The third kappa shape index (κ3) is 3.13. The molecule has 2 rings (SSSR count). The first-order chi connectivity index (χ1) is 10.1. The van der Waals surface area contributed by atoms with E-state index in [1.165, 1.54) is 10.4 Å². The molecule has 2 atom stereocenters. The van der Waals surface area contributed by atoms with Crippen molar-refractivity contribution in [1.29, 1.82) is 0 Å². The second-order valence-electron chi connectivity index (χ2n) is 5.72. The van der Waals surface area contributed by atoms with Gasteiger partial charge in [-0.2, -0.15) is 4.31 Å². The molecule has 8 heteroatoms. The summed E-state index contributed by atoms with van der Waals surface area (Å²) in [7, 11) is -3.79. The molecule has 0 spiro atoms. The maximum absolute atomic E-state index is 12.9. The lowest BCUT2D eigenvalue weighted by Crippen LogP contribution is -2.48. The number of rotatable bonds is 3. The number of non-ortho nitro benzene ring substituents is 1. The topological polar surface area (TPSA) is 89.8 Å². The highest BCUT2D eigenvalue weighted by molar-refractivity contribution is 7.89. The fourth-order valence-electron chi connectivity index (χ4n) is 2.65. The van der Waals surface area contributed by atoms with Crippen molar-refractivity contribution in [2.75, 3.05) is 13.1 Å². The van der Waals surface area contributed by atoms with Crippen LogP contribution in [-0.2, 0) is 14.8 Å². The molecule has 0 N–H and O–H groups in total. The highest BCUT2D eigenvalue weighted by atomic mass is 32.2. The third-order valence-corrected chi connectivity index (χ3v) is 5.78. The van der Waals surface area contributed by atoms with Crippen LogP contribution in [0.4, 0.5) is 5.69 Å². The van der Waals surface area contributed by atoms with Gasteiger partial charge < -0.3 is 4.74 Å². The monoisotopic (exact) mass is 328 g/mol. The van der Waals surface area contributed by atoms with Gasteiger partial charge in [-0.1, -0.05) is 0 Å². The van der Waals surface area contributed by atoms with E-state index in [0.29, 0.717) is 11.1 Å². The first-order valence-corrected chi connectivity index (χ1v) is 8.48. The van der Waals surface area contributed by atoms with E-state index in [1.54, 1.807) is 13.8 Å². The fourth-order valence-corrected chi connectivity index (χ4v) is 4.56. The van der Waals surface area contributed by atoms with Crippen molar-refractivity contribution >= 4 is 15.7 Å². The summed E-state index contributed by atoms with van der Waals surface area (Å²) in [5, 5.41) is 11.0. The SMILES string of the molecule is Cc1cc([N+](=O)[O-])cc(S(=O)(=O)N2CC(C)OC(C)C2)c1C. The predicted molar refractivity (Wildman–Crippen MR) is 81.3 cm³/mol. The van der Waals surface area contributed by atoms with Crippen LogP contribution in [0, 0.1) is 24.0 Å². The molecule has 0 bridgehead atoms. The number of sulfonamides is 1. The van der Waals surface area contributed by atoms with Crippen molar-refractivity contribution in [2.24, 2.45) is 0 Å². The largest absolute Gasteiger partial charge is 0.373 e. The van der Waals surface area contributed by atoms with Crippen LogP contribution in [0.5, 0.6) is 0 Å². The Bertz CT molecular complexity index is 691. The maximum atomic E-state index is 12.9. The molecule has 7 nitrogen and oxygen atoms in total. The van der Waals surface area contributed by atoms with Gasteiger partial charge in [-0.3, -0.25) is 10.1 Å². The smallest absolute Gasteiger partial charge is 0.271 e. The lowest BCUT2D eigenvalue weighted by atomic mass is 10.1. The molecule has 0 radical (unpaired) electrons. The summed E-state index contributed by atoms with van der Waals surface area (Å²) < 4.78 is 32.6. The van der Waals surface area contributed by atoms with Crippen LogP contribution in [0.1, 0.15) is 25.0 Å². The Labute approximate surface area is 130 Å². The van der Waals surface area contributed by atoms with Crippen LogP contribution in [0.15, 0.2) is 17.0 Å². The van der Waals surface area contributed by atoms with Crippen molar-refractivity contribution in [1.82, 2.24) is 4.31 Å². The van der Waals surface area contributed by atoms with Gasteiger partial charge >= 0.3 is 0 Å². The van der Waals surface area contributed by atoms with Crippen LogP contribution < -0.4 is 0 Å². The van der Waals surface area contributed by atoms with Crippen LogP contribution >= 0.6 is 0 Å². The van der Waals surface area contributed by atoms with Gasteiger partial charge in [-0.05, 0) is 38.8 Å². The Morgan fingerprint density at radius 3 is 2.27 bits per heavy atom. The van der Waals surface area contributed by atoms with Crippen LogP contribution in [0.2, 0.25) is 0 Å². The van der Waals surface area contributed by atoms with E-state index in [4.69, 9.17) is 4.74 Å². The molecule has 1 fully saturated rings. The van der Waals surface area contributed by atoms with Gasteiger partial charge in [0.2, 0.25) is 10.0 Å². The molecular formula is C14H20N2O5S. The lowest BCUT2D eigenvalue weighted by Gasteiger charge is -2.34. The molecule has 22 heavy (non-hydrogen) atoms. The quantitative estimate of drug-likeness (QED) is 0.625. The van der Waals surface area contributed by atoms with Gasteiger partial charge in [-0.25, -0.2) is 8.42 Å². The number of hydrogen-bond acceptors (Lipinski definition) is 5. The first kappa shape index (κ1) is 16.9. The molecule has 1 aromatic rings. The third-order valence-electron chi connectivity index (χ3n) is 3.82. The maximum Gasteiger partial charge on any atom is 0.271 e. The zero-order chi connectivity index (χ0) is 16.7. The number of benzene rings is 1. The molecule has 1 aliphatic heterocycles. The van der Waals surface area contributed by atoms with Gasteiger partial charge in [0, 0.05) is 25.2 Å². The normalized spacial score (nSPS) is 23.5. The zero-order valence-corrected chi connectivity index (χ0v) is 13.9. The van der Waals surface area contributed by atoms with E-state index in [-0.39, 0.29) is 35.9 Å². The van der Waals surface area contributed by atoms with E-state index in [1.807, 2.05) is 13.8 Å². The Morgan fingerprint density at radius 1 is 1.23 bits per heavy atom. The van der Waals surface area contributed by atoms with Crippen LogP contribution in [0.3, 0.4) is 0 Å². The molecule has 0 aliphatic carbocycles. The molecule has 1 aromatic carbocycles. The van der Waals surface area contributed by atoms with Crippen LogP contribution in [-0.4, -0.2) is 42.9 Å². The highest BCUT2D eigenvalue weighted by Gasteiger charge is 2.34. The number of aryl methyl sites for hydroxylation is 1. The van der Waals surface area contributed by atoms with Gasteiger partial charge in [0.1, 0.15) is 0 Å².